The van der Waals surface area contributed by atoms with E-state index in [-0.39, 0.29) is 0 Å². The van der Waals surface area contributed by atoms with E-state index in [1.165, 1.54) is 180 Å². The minimum atomic E-state index is 0.307. The molecule has 2 heteroatoms. The van der Waals surface area contributed by atoms with E-state index in [0.717, 1.165) is 119 Å². The van der Waals surface area contributed by atoms with Crippen molar-refractivity contribution in [2.75, 3.05) is 0 Å². The van der Waals surface area contributed by atoms with E-state index in [1.54, 1.807) is 51.4 Å². The Balaban J connectivity index is 0.835. The van der Waals surface area contributed by atoms with Crippen molar-refractivity contribution in [3.05, 3.63) is 34.7 Å². The first kappa shape index (κ1) is 46.8. The van der Waals surface area contributed by atoms with Crippen LogP contribution in [0.25, 0.3) is 4.85 Å². The molecule has 11 saturated carbocycles. The summed E-state index contributed by atoms with van der Waals surface area (Å²) in [6.45, 7) is 7.81. The number of fused-ring (bicyclic) bond motifs is 4. The third-order valence-electron chi connectivity index (χ3n) is 24.0. The molecule has 8 atom stereocenters. The van der Waals surface area contributed by atoms with Gasteiger partial charge in [0.15, 0.2) is 0 Å². The highest BCUT2D eigenvalue weighted by Gasteiger charge is 2.56. The first-order chi connectivity index (χ1) is 32.7. The number of rotatable bonds is 8. The monoisotopic (exact) mass is 895 g/mol. The van der Waals surface area contributed by atoms with E-state index in [2.05, 4.69) is 23.1 Å². The van der Waals surface area contributed by atoms with Crippen molar-refractivity contribution in [3.63, 3.8) is 0 Å². The highest BCUT2D eigenvalue weighted by molar-refractivity contribution is 5.21. The summed E-state index contributed by atoms with van der Waals surface area (Å²) in [5.74, 6) is 17.3. The van der Waals surface area contributed by atoms with Crippen LogP contribution in [0.2, 0.25) is 0 Å². The van der Waals surface area contributed by atoms with Gasteiger partial charge in [0.1, 0.15) is 0 Å². The lowest BCUT2D eigenvalue weighted by Gasteiger charge is -2.60. The number of nitriles is 1. The maximum atomic E-state index is 9.84. The van der Waals surface area contributed by atoms with Gasteiger partial charge in [-0.1, -0.05) is 113 Å². The molecule has 8 unspecified atom stereocenters. The minimum absolute atomic E-state index is 0.307. The van der Waals surface area contributed by atoms with Crippen LogP contribution in [-0.2, 0) is 0 Å². The van der Waals surface area contributed by atoms with Crippen LogP contribution < -0.4 is 0 Å². The van der Waals surface area contributed by atoms with Crippen LogP contribution in [0.5, 0.6) is 0 Å². The minimum Gasteiger partial charge on any atom is -0.314 e. The van der Waals surface area contributed by atoms with Crippen LogP contribution in [0.1, 0.15) is 244 Å². The van der Waals surface area contributed by atoms with E-state index in [9.17, 15) is 5.26 Å². The summed E-state index contributed by atoms with van der Waals surface area (Å²) in [5, 5.41) is 9.84. The highest BCUT2D eigenvalue weighted by Crippen LogP contribution is 2.64. The molecule has 0 amide bonds. The molecule has 66 heavy (non-hydrogen) atoms. The van der Waals surface area contributed by atoms with Gasteiger partial charge in [-0.2, -0.15) is 5.26 Å². The maximum Gasteiger partial charge on any atom is 0.223 e. The lowest BCUT2D eigenvalue weighted by atomic mass is 9.45. The molecule has 364 valence electrons. The number of hydrogen-bond donors (Lipinski definition) is 0. The van der Waals surface area contributed by atoms with Gasteiger partial charge < -0.3 is 4.85 Å². The summed E-state index contributed by atoms with van der Waals surface area (Å²) >= 11 is 0. The summed E-state index contributed by atoms with van der Waals surface area (Å²) in [7, 11) is 0. The molecule has 0 aromatic carbocycles. The molecule has 0 aromatic rings. The zero-order valence-electron chi connectivity index (χ0n) is 42.5. The Morgan fingerprint density at radius 3 is 0.985 bits per heavy atom. The Kier molecular flexibility index (Phi) is 15.5. The fourth-order valence-electron chi connectivity index (χ4n) is 21.3. The van der Waals surface area contributed by atoms with Gasteiger partial charge >= 0.3 is 0 Å². The topological polar surface area (TPSA) is 28.1 Å². The molecule has 11 aliphatic carbocycles. The molecular weight excluding hydrogens is 797 g/mol. The van der Waals surface area contributed by atoms with Crippen molar-refractivity contribution in [3.8, 4) is 6.07 Å². The molecule has 0 spiro atoms. The van der Waals surface area contributed by atoms with Gasteiger partial charge in [0, 0.05) is 18.8 Å². The molecule has 11 rings (SSSR count). The second-order valence-corrected chi connectivity index (χ2v) is 26.7. The Labute approximate surface area is 406 Å². The lowest BCUT2D eigenvalue weighted by Crippen LogP contribution is -2.53. The Morgan fingerprint density at radius 2 is 0.652 bits per heavy atom. The van der Waals surface area contributed by atoms with E-state index in [0.29, 0.717) is 12.0 Å². The van der Waals surface area contributed by atoms with Gasteiger partial charge in [-0.25, -0.2) is 6.57 Å². The van der Waals surface area contributed by atoms with Gasteiger partial charge in [0.2, 0.25) is 6.04 Å². The Hall–Kier alpha value is -1.54. The smallest absolute Gasteiger partial charge is 0.223 e. The molecule has 0 aromatic heterocycles. The van der Waals surface area contributed by atoms with Gasteiger partial charge in [-0.15, -0.1) is 0 Å². The van der Waals surface area contributed by atoms with Crippen LogP contribution in [0.3, 0.4) is 0 Å². The SMILES string of the molecule is [C-]#[N+]C1CCC(/C(=C\C2C3CCCCC3C(C3CCC(C4C5CCCCC5C(/C=C(/C5CCCCC5)C5CCC(C#N)CC5)C5CCCCC54)CC3)C3CCCCC23)C2CCCCC2)CC1. The van der Waals surface area contributed by atoms with Crippen LogP contribution in [0.4, 0.5) is 0 Å². The summed E-state index contributed by atoms with van der Waals surface area (Å²) in [5.41, 5.74) is 3.93. The lowest BCUT2D eigenvalue weighted by molar-refractivity contribution is -0.0967. The zero-order valence-corrected chi connectivity index (χ0v) is 42.5. The number of hydrogen-bond acceptors (Lipinski definition) is 1. The second kappa shape index (κ2) is 21.8. The summed E-state index contributed by atoms with van der Waals surface area (Å²) in [6, 6.07) is 2.99. The van der Waals surface area contributed by atoms with Crippen LogP contribution in [0.15, 0.2) is 23.3 Å². The maximum absolute atomic E-state index is 9.84. The van der Waals surface area contributed by atoms with Crippen molar-refractivity contribution in [1.29, 1.82) is 5.26 Å². The molecule has 2 nitrogen and oxygen atoms in total. The quantitative estimate of drug-likeness (QED) is 0.176. The Morgan fingerprint density at radius 1 is 0.348 bits per heavy atom. The fraction of sp³-hybridized carbons (Fsp3) is 0.906. The van der Waals surface area contributed by atoms with Gasteiger partial charge in [0.25, 0.3) is 0 Å². The normalized spacial score (nSPS) is 46.6. The molecule has 0 bridgehead atoms. The zero-order chi connectivity index (χ0) is 44.4. The van der Waals surface area contributed by atoms with Gasteiger partial charge in [0.05, 0.1) is 6.07 Å². The predicted octanol–water partition coefficient (Wildman–Crippen LogP) is 18.3. The molecule has 0 radical (unpaired) electrons. The van der Waals surface area contributed by atoms with E-state index < -0.39 is 0 Å². The molecule has 11 aliphatic rings. The van der Waals surface area contributed by atoms with Crippen LogP contribution in [0, 0.1) is 130 Å². The molecular formula is C64H98N2. The van der Waals surface area contributed by atoms with Crippen molar-refractivity contribution < 1.29 is 0 Å². The molecule has 0 N–H and O–H groups in total. The van der Waals surface area contributed by atoms with E-state index in [4.69, 9.17) is 6.57 Å². The second-order valence-electron chi connectivity index (χ2n) is 26.7. The van der Waals surface area contributed by atoms with Gasteiger partial charge in [-0.05, 0) is 248 Å². The fourth-order valence-corrected chi connectivity index (χ4v) is 21.3. The summed E-state index contributed by atoms with van der Waals surface area (Å²) in [4.78, 5) is 4.06. The average Bonchev–Trinajstić information content (AvgIpc) is 3.39. The Bertz CT molecular complexity index is 1530. The third kappa shape index (κ3) is 9.64. The standard InChI is InChI=1S/C64H98N2/c1-66-50-38-36-47(37-39-50)60(45-18-6-3-7-19-45)41-62-53-22-10-14-26-57(53)64(58-27-15-11-23-54(58)62)49-34-32-48(33-35-49)63-55-24-12-8-20-51(55)61(52-21-9-13-25-56(52)63)40-59(44-16-4-2-5-17-44)46-30-28-43(42-65)29-31-46/h40-41,43-58,61-64H,2-39H2/b59-40-,60-41-. The van der Waals surface area contributed by atoms with E-state index in [1.807, 2.05) is 11.1 Å². The van der Waals surface area contributed by atoms with E-state index >= 15 is 0 Å². The van der Waals surface area contributed by atoms with Crippen LogP contribution >= 0.6 is 0 Å². The summed E-state index contributed by atoms with van der Waals surface area (Å²) in [6.07, 6.45) is 61.6. The molecule has 11 fully saturated rings. The first-order valence-electron chi connectivity index (χ1n) is 30.9. The van der Waals surface area contributed by atoms with Crippen molar-refractivity contribution in [1.82, 2.24) is 0 Å². The molecule has 0 aliphatic heterocycles. The van der Waals surface area contributed by atoms with Crippen molar-refractivity contribution >= 4 is 0 Å². The largest absolute Gasteiger partial charge is 0.314 e. The van der Waals surface area contributed by atoms with Crippen molar-refractivity contribution in [2.45, 2.75) is 250 Å². The van der Waals surface area contributed by atoms with Gasteiger partial charge in [-0.3, -0.25) is 0 Å². The summed E-state index contributed by atoms with van der Waals surface area (Å²) < 4.78 is 0. The average molecular weight is 896 g/mol. The van der Waals surface area contributed by atoms with Crippen molar-refractivity contribution in [2.24, 2.45) is 112 Å². The third-order valence-corrected chi connectivity index (χ3v) is 24.0. The van der Waals surface area contributed by atoms with Crippen LogP contribution in [-0.4, -0.2) is 6.04 Å². The molecule has 0 heterocycles. The molecule has 0 saturated heterocycles. The predicted molar refractivity (Wildman–Crippen MR) is 274 cm³/mol. The highest BCUT2D eigenvalue weighted by atomic mass is 14.7. The first-order valence-corrected chi connectivity index (χ1v) is 30.9. The number of nitrogens with zero attached hydrogens (tertiary/aromatic N) is 2. The number of allylic oxidation sites excluding steroid dienone is 4.